The van der Waals surface area contributed by atoms with Crippen molar-refractivity contribution in [2.75, 3.05) is 13.2 Å². The van der Waals surface area contributed by atoms with Gasteiger partial charge in [0.05, 0.1) is 19.3 Å². The van der Waals surface area contributed by atoms with Crippen LogP contribution in [0.15, 0.2) is 24.5 Å². The first-order valence-electron chi connectivity index (χ1n) is 8.99. The van der Waals surface area contributed by atoms with Crippen LogP contribution in [0, 0.1) is 11.8 Å². The highest BCUT2D eigenvalue weighted by Gasteiger charge is 2.55. The lowest BCUT2D eigenvalue weighted by molar-refractivity contribution is -0.157. The number of pyridine rings is 1. The third-order valence-corrected chi connectivity index (χ3v) is 5.03. The molecule has 26 heavy (non-hydrogen) atoms. The molecule has 2 saturated heterocycles. The summed E-state index contributed by atoms with van der Waals surface area (Å²) in [5.74, 6) is -1.92. The molecule has 0 spiro atoms. The Hall–Kier alpha value is -1.83. The van der Waals surface area contributed by atoms with Crippen LogP contribution in [-0.4, -0.2) is 47.9 Å². The molecule has 1 aromatic rings. The predicted molar refractivity (Wildman–Crippen MR) is 93.1 cm³/mol. The summed E-state index contributed by atoms with van der Waals surface area (Å²) in [6.45, 7) is 7.59. The van der Waals surface area contributed by atoms with E-state index in [0.717, 1.165) is 5.56 Å². The summed E-state index contributed by atoms with van der Waals surface area (Å²) in [6.07, 6.45) is 3.02. The van der Waals surface area contributed by atoms with Gasteiger partial charge in [0.25, 0.3) is 0 Å². The first-order chi connectivity index (χ1) is 12.3. The third-order valence-electron chi connectivity index (χ3n) is 5.03. The summed E-state index contributed by atoms with van der Waals surface area (Å²) in [7, 11) is 0. The topological polar surface area (TPSA) is 86.8 Å². The Balaban J connectivity index is 1.97. The van der Waals surface area contributed by atoms with E-state index in [4.69, 9.17) is 14.2 Å². The normalized spacial score (nSPS) is 33.2. The number of carbonyl (C=O) groups excluding carboxylic acids is 2. The average molecular weight is 362 g/mol. The van der Waals surface area contributed by atoms with E-state index in [2.05, 4.69) is 10.3 Å². The largest absolute Gasteiger partial charge is 0.465 e. The van der Waals surface area contributed by atoms with Crippen molar-refractivity contribution < 1.29 is 23.8 Å². The van der Waals surface area contributed by atoms with Crippen molar-refractivity contribution in [2.45, 2.75) is 51.7 Å². The Morgan fingerprint density at radius 2 is 2.19 bits per heavy atom. The lowest BCUT2D eigenvalue weighted by atomic mass is 9.79. The van der Waals surface area contributed by atoms with Crippen LogP contribution in [0.5, 0.6) is 0 Å². The first kappa shape index (κ1) is 18.9. The van der Waals surface area contributed by atoms with Crippen molar-refractivity contribution in [3.63, 3.8) is 0 Å². The number of nitrogens with zero attached hydrogens (tertiary/aromatic N) is 1. The molecule has 1 aromatic heterocycles. The SMILES string of the molecule is CCOC(=O)[C@@H]1N[C@H](c2cccnc2)[C@H](C(C)=O)[C@H]1[C@H]1COC(C)(C)O1. The van der Waals surface area contributed by atoms with E-state index in [9.17, 15) is 9.59 Å². The molecule has 5 atom stereocenters. The van der Waals surface area contributed by atoms with Crippen molar-refractivity contribution in [1.29, 1.82) is 0 Å². The molecule has 0 aliphatic carbocycles. The molecule has 0 amide bonds. The highest BCUT2D eigenvalue weighted by Crippen LogP contribution is 2.43. The number of esters is 1. The Kier molecular flexibility index (Phi) is 5.41. The number of aromatic nitrogens is 1. The van der Waals surface area contributed by atoms with Crippen molar-refractivity contribution in [3.05, 3.63) is 30.1 Å². The van der Waals surface area contributed by atoms with Crippen molar-refractivity contribution >= 4 is 11.8 Å². The summed E-state index contributed by atoms with van der Waals surface area (Å²) >= 11 is 0. The molecule has 0 radical (unpaired) electrons. The fourth-order valence-corrected chi connectivity index (χ4v) is 4.02. The van der Waals surface area contributed by atoms with Crippen LogP contribution >= 0.6 is 0 Å². The molecule has 142 valence electrons. The van der Waals surface area contributed by atoms with E-state index in [1.807, 2.05) is 26.0 Å². The van der Waals surface area contributed by atoms with Crippen LogP contribution in [0.2, 0.25) is 0 Å². The maximum atomic E-state index is 12.6. The van der Waals surface area contributed by atoms with Gasteiger partial charge in [0.2, 0.25) is 0 Å². The lowest BCUT2D eigenvalue weighted by Crippen LogP contribution is -2.44. The Labute approximate surface area is 153 Å². The third kappa shape index (κ3) is 3.65. The minimum Gasteiger partial charge on any atom is -0.465 e. The van der Waals surface area contributed by atoms with Crippen LogP contribution in [0.4, 0.5) is 0 Å². The lowest BCUT2D eigenvalue weighted by Gasteiger charge is -2.28. The fraction of sp³-hybridized carbons (Fsp3) is 0.632. The van der Waals surface area contributed by atoms with Crippen LogP contribution in [0.25, 0.3) is 0 Å². The number of rotatable bonds is 5. The summed E-state index contributed by atoms with van der Waals surface area (Å²) < 4.78 is 17.0. The minimum atomic E-state index is -0.738. The zero-order valence-electron chi connectivity index (χ0n) is 15.6. The van der Waals surface area contributed by atoms with Gasteiger partial charge in [0.1, 0.15) is 11.8 Å². The standard InChI is InChI=1S/C19H26N2O5/c1-5-24-18(23)17-15(13-10-25-19(3,4)26-13)14(11(2)22)16(21-17)12-7-6-8-20-9-12/h6-9,13-17,21H,5,10H2,1-4H3/t13-,14-,15-,16-,17-/m1/s1. The molecule has 2 fully saturated rings. The van der Waals surface area contributed by atoms with Crippen LogP contribution in [0.1, 0.15) is 39.3 Å². The van der Waals surface area contributed by atoms with Gasteiger partial charge in [0, 0.05) is 30.3 Å². The summed E-state index contributed by atoms with van der Waals surface area (Å²) in [5.41, 5.74) is 0.864. The van der Waals surface area contributed by atoms with E-state index < -0.39 is 17.7 Å². The van der Waals surface area contributed by atoms with Gasteiger partial charge in [-0.15, -0.1) is 0 Å². The molecule has 0 unspecified atom stereocenters. The van der Waals surface area contributed by atoms with Gasteiger partial charge in [-0.3, -0.25) is 19.9 Å². The van der Waals surface area contributed by atoms with Crippen molar-refractivity contribution in [1.82, 2.24) is 10.3 Å². The van der Waals surface area contributed by atoms with Crippen molar-refractivity contribution in [3.8, 4) is 0 Å². The number of hydrogen-bond donors (Lipinski definition) is 1. The zero-order valence-corrected chi connectivity index (χ0v) is 15.6. The fourth-order valence-electron chi connectivity index (χ4n) is 4.02. The van der Waals surface area contributed by atoms with Crippen LogP contribution in [-0.2, 0) is 23.8 Å². The molecule has 0 aromatic carbocycles. The van der Waals surface area contributed by atoms with Gasteiger partial charge in [-0.05, 0) is 39.3 Å². The Morgan fingerprint density at radius 1 is 1.42 bits per heavy atom. The summed E-state index contributed by atoms with van der Waals surface area (Å²) in [5, 5.41) is 3.31. The molecule has 2 aliphatic rings. The van der Waals surface area contributed by atoms with Crippen molar-refractivity contribution in [2.24, 2.45) is 11.8 Å². The maximum Gasteiger partial charge on any atom is 0.323 e. The summed E-state index contributed by atoms with van der Waals surface area (Å²) in [6, 6.07) is 2.75. The summed E-state index contributed by atoms with van der Waals surface area (Å²) in [4.78, 5) is 29.3. The second kappa shape index (κ2) is 7.42. The molecule has 0 bridgehead atoms. The predicted octanol–water partition coefficient (Wildman–Crippen LogP) is 1.63. The zero-order chi connectivity index (χ0) is 18.9. The quantitative estimate of drug-likeness (QED) is 0.797. The molecule has 7 nitrogen and oxygen atoms in total. The maximum absolute atomic E-state index is 12.6. The van der Waals surface area contributed by atoms with Gasteiger partial charge in [-0.25, -0.2) is 0 Å². The van der Waals surface area contributed by atoms with Gasteiger partial charge < -0.3 is 14.2 Å². The van der Waals surface area contributed by atoms with E-state index in [1.165, 1.54) is 0 Å². The molecule has 0 saturated carbocycles. The van der Waals surface area contributed by atoms with E-state index >= 15 is 0 Å². The highest BCUT2D eigenvalue weighted by atomic mass is 16.7. The van der Waals surface area contributed by atoms with Gasteiger partial charge in [0.15, 0.2) is 5.79 Å². The smallest absolute Gasteiger partial charge is 0.323 e. The van der Waals surface area contributed by atoms with E-state index in [0.29, 0.717) is 6.61 Å². The number of ether oxygens (including phenoxy) is 3. The monoisotopic (exact) mass is 362 g/mol. The molecule has 7 heteroatoms. The molecular weight excluding hydrogens is 336 g/mol. The molecule has 3 heterocycles. The molecular formula is C19H26N2O5. The number of ketones is 1. The number of hydrogen-bond acceptors (Lipinski definition) is 7. The molecule has 2 aliphatic heterocycles. The number of nitrogens with one attached hydrogen (secondary N) is 1. The Morgan fingerprint density at radius 3 is 2.73 bits per heavy atom. The molecule has 3 rings (SSSR count). The van der Waals surface area contributed by atoms with Crippen LogP contribution < -0.4 is 5.32 Å². The van der Waals surface area contributed by atoms with E-state index in [-0.39, 0.29) is 36.4 Å². The van der Waals surface area contributed by atoms with Gasteiger partial charge in [-0.1, -0.05) is 6.07 Å². The van der Waals surface area contributed by atoms with Gasteiger partial charge in [-0.2, -0.15) is 0 Å². The van der Waals surface area contributed by atoms with Gasteiger partial charge >= 0.3 is 5.97 Å². The number of Topliss-reactive ketones (excluding diaryl/α,β-unsaturated/α-hetero) is 1. The average Bonchev–Trinajstić information content (AvgIpc) is 3.16. The Bertz CT molecular complexity index is 663. The number of carbonyl (C=O) groups is 2. The second-order valence-corrected chi connectivity index (χ2v) is 7.24. The highest BCUT2D eigenvalue weighted by molar-refractivity contribution is 5.84. The second-order valence-electron chi connectivity index (χ2n) is 7.24. The van der Waals surface area contributed by atoms with Crippen LogP contribution in [0.3, 0.4) is 0 Å². The molecule has 1 N–H and O–H groups in total. The van der Waals surface area contributed by atoms with E-state index in [1.54, 1.807) is 26.2 Å². The first-order valence-corrected chi connectivity index (χ1v) is 8.99. The minimum absolute atomic E-state index is 0.00328.